The summed E-state index contributed by atoms with van der Waals surface area (Å²) in [6, 6.07) is 10.8. The number of methoxy groups -OCH3 is 1. The fraction of sp³-hybridized carbons (Fsp3) is 0.200. The first kappa shape index (κ1) is 14.2. The van der Waals surface area contributed by atoms with Crippen LogP contribution in [0.1, 0.15) is 22.7 Å². The molecule has 0 aromatic heterocycles. The van der Waals surface area contributed by atoms with Crippen LogP contribution in [-0.2, 0) is 0 Å². The number of hydrogen-bond acceptors (Lipinski definition) is 2. The van der Waals surface area contributed by atoms with Gasteiger partial charge in [-0.25, -0.2) is 0 Å². The van der Waals surface area contributed by atoms with Crippen LogP contribution < -0.4 is 10.5 Å². The van der Waals surface area contributed by atoms with Gasteiger partial charge in [0, 0.05) is 15.6 Å². The van der Waals surface area contributed by atoms with Crippen molar-refractivity contribution in [1.29, 1.82) is 0 Å². The topological polar surface area (TPSA) is 35.2 Å². The van der Waals surface area contributed by atoms with Crippen LogP contribution in [-0.4, -0.2) is 7.11 Å². The third-order valence-corrected chi connectivity index (χ3v) is 3.82. The Labute approximate surface area is 123 Å². The molecule has 0 aliphatic rings. The molecule has 2 N–H and O–H groups in total. The lowest BCUT2D eigenvalue weighted by molar-refractivity contribution is 0.408. The van der Waals surface area contributed by atoms with E-state index in [4.69, 9.17) is 33.7 Å². The van der Waals surface area contributed by atoms with Gasteiger partial charge in [-0.05, 0) is 42.3 Å². The van der Waals surface area contributed by atoms with Crippen molar-refractivity contribution >= 4 is 23.2 Å². The Bertz CT molecular complexity index is 599. The summed E-state index contributed by atoms with van der Waals surface area (Å²) in [5.74, 6) is 0.719. The molecule has 0 amide bonds. The number of nitrogens with two attached hydrogens (primary N) is 1. The Morgan fingerprint density at radius 3 is 2.53 bits per heavy atom. The van der Waals surface area contributed by atoms with Gasteiger partial charge in [-0.1, -0.05) is 35.3 Å². The van der Waals surface area contributed by atoms with Gasteiger partial charge >= 0.3 is 0 Å². The molecule has 0 saturated heterocycles. The molecule has 1 atom stereocenters. The van der Waals surface area contributed by atoms with Crippen LogP contribution in [0.3, 0.4) is 0 Å². The standard InChI is InChI=1S/C15H15Cl2NO/c1-9-11(4-3-5-13(9)17)15(18)12-8-10(16)6-7-14(12)19-2/h3-8,15H,18H2,1-2H3. The van der Waals surface area contributed by atoms with Crippen LogP contribution in [0.5, 0.6) is 5.75 Å². The molecule has 0 spiro atoms. The van der Waals surface area contributed by atoms with Crippen molar-refractivity contribution in [3.05, 3.63) is 63.1 Å². The lowest BCUT2D eigenvalue weighted by Gasteiger charge is -2.19. The molecular weight excluding hydrogens is 281 g/mol. The minimum Gasteiger partial charge on any atom is -0.496 e. The maximum atomic E-state index is 6.33. The van der Waals surface area contributed by atoms with Crippen LogP contribution in [0, 0.1) is 6.92 Å². The van der Waals surface area contributed by atoms with Crippen molar-refractivity contribution < 1.29 is 4.74 Å². The summed E-state index contributed by atoms with van der Waals surface area (Å²) < 4.78 is 5.34. The Kier molecular flexibility index (Phi) is 4.35. The fourth-order valence-electron chi connectivity index (χ4n) is 2.08. The van der Waals surface area contributed by atoms with E-state index in [0.717, 1.165) is 22.4 Å². The maximum absolute atomic E-state index is 6.33. The highest BCUT2D eigenvalue weighted by molar-refractivity contribution is 6.31. The largest absolute Gasteiger partial charge is 0.496 e. The lowest BCUT2D eigenvalue weighted by atomic mass is 9.95. The summed E-state index contributed by atoms with van der Waals surface area (Å²) in [5.41, 5.74) is 9.12. The average molecular weight is 296 g/mol. The normalized spacial score (nSPS) is 12.3. The van der Waals surface area contributed by atoms with Crippen LogP contribution in [0.15, 0.2) is 36.4 Å². The Balaban J connectivity index is 2.52. The minimum atomic E-state index is -0.327. The molecule has 2 nitrogen and oxygen atoms in total. The van der Waals surface area contributed by atoms with E-state index in [1.807, 2.05) is 37.3 Å². The second-order valence-electron chi connectivity index (χ2n) is 4.32. The number of benzene rings is 2. The van der Waals surface area contributed by atoms with Crippen LogP contribution in [0.25, 0.3) is 0 Å². The molecule has 0 fully saturated rings. The predicted molar refractivity (Wildman–Crippen MR) is 80.2 cm³/mol. The summed E-state index contributed by atoms with van der Waals surface area (Å²) in [4.78, 5) is 0. The summed E-state index contributed by atoms with van der Waals surface area (Å²) in [5, 5.41) is 1.33. The Hall–Kier alpha value is -1.22. The molecule has 0 radical (unpaired) electrons. The quantitative estimate of drug-likeness (QED) is 0.913. The molecule has 2 aromatic rings. The van der Waals surface area contributed by atoms with Crippen molar-refractivity contribution in [2.45, 2.75) is 13.0 Å². The van der Waals surface area contributed by atoms with Gasteiger partial charge in [-0.15, -0.1) is 0 Å². The highest BCUT2D eigenvalue weighted by atomic mass is 35.5. The molecule has 2 rings (SSSR count). The van der Waals surface area contributed by atoms with E-state index in [1.165, 1.54) is 0 Å². The molecule has 0 aliphatic carbocycles. The summed E-state index contributed by atoms with van der Waals surface area (Å²) in [6.07, 6.45) is 0. The van der Waals surface area contributed by atoms with Gasteiger partial charge < -0.3 is 10.5 Å². The van der Waals surface area contributed by atoms with Crippen molar-refractivity contribution in [3.63, 3.8) is 0 Å². The van der Waals surface area contributed by atoms with Crippen molar-refractivity contribution in [2.24, 2.45) is 5.73 Å². The third kappa shape index (κ3) is 2.86. The number of ether oxygens (including phenoxy) is 1. The second-order valence-corrected chi connectivity index (χ2v) is 5.16. The molecule has 0 bridgehead atoms. The molecule has 0 aliphatic heterocycles. The monoisotopic (exact) mass is 295 g/mol. The number of rotatable bonds is 3. The van der Waals surface area contributed by atoms with Gasteiger partial charge in [0.2, 0.25) is 0 Å². The average Bonchev–Trinajstić information content (AvgIpc) is 2.41. The van der Waals surface area contributed by atoms with E-state index < -0.39 is 0 Å². The molecule has 2 aromatic carbocycles. The second kappa shape index (κ2) is 5.83. The zero-order valence-electron chi connectivity index (χ0n) is 10.8. The van der Waals surface area contributed by atoms with Gasteiger partial charge in [-0.3, -0.25) is 0 Å². The summed E-state index contributed by atoms with van der Waals surface area (Å²) in [6.45, 7) is 1.95. The van der Waals surface area contributed by atoms with Gasteiger partial charge in [0.15, 0.2) is 0 Å². The highest BCUT2D eigenvalue weighted by Crippen LogP contribution is 2.33. The molecule has 19 heavy (non-hydrogen) atoms. The van der Waals surface area contributed by atoms with Gasteiger partial charge in [0.1, 0.15) is 5.75 Å². The van der Waals surface area contributed by atoms with Crippen molar-refractivity contribution in [1.82, 2.24) is 0 Å². The first-order valence-electron chi connectivity index (χ1n) is 5.88. The van der Waals surface area contributed by atoms with Gasteiger partial charge in [-0.2, -0.15) is 0 Å². The summed E-state index contributed by atoms with van der Waals surface area (Å²) in [7, 11) is 1.62. The predicted octanol–water partition coefficient (Wildman–Crippen LogP) is 4.36. The van der Waals surface area contributed by atoms with E-state index in [0.29, 0.717) is 10.0 Å². The van der Waals surface area contributed by atoms with E-state index in [-0.39, 0.29) is 6.04 Å². The smallest absolute Gasteiger partial charge is 0.124 e. The zero-order chi connectivity index (χ0) is 14.0. The number of halogens is 2. The molecule has 4 heteroatoms. The first-order valence-corrected chi connectivity index (χ1v) is 6.64. The lowest BCUT2D eigenvalue weighted by Crippen LogP contribution is -2.14. The van der Waals surface area contributed by atoms with Crippen LogP contribution in [0.2, 0.25) is 10.0 Å². The molecule has 1 unspecified atom stereocenters. The highest BCUT2D eigenvalue weighted by Gasteiger charge is 2.17. The Morgan fingerprint density at radius 1 is 1.11 bits per heavy atom. The molecular formula is C15H15Cl2NO. The zero-order valence-corrected chi connectivity index (χ0v) is 12.3. The van der Waals surface area contributed by atoms with E-state index in [9.17, 15) is 0 Å². The minimum absolute atomic E-state index is 0.327. The maximum Gasteiger partial charge on any atom is 0.124 e. The Morgan fingerprint density at radius 2 is 1.84 bits per heavy atom. The molecule has 0 heterocycles. The molecule has 0 saturated carbocycles. The van der Waals surface area contributed by atoms with Crippen LogP contribution >= 0.6 is 23.2 Å². The van der Waals surface area contributed by atoms with E-state index in [1.54, 1.807) is 13.2 Å². The first-order chi connectivity index (χ1) is 9.04. The third-order valence-electron chi connectivity index (χ3n) is 3.17. The number of hydrogen-bond donors (Lipinski definition) is 1. The van der Waals surface area contributed by atoms with E-state index >= 15 is 0 Å². The van der Waals surface area contributed by atoms with Crippen molar-refractivity contribution in [2.75, 3.05) is 7.11 Å². The van der Waals surface area contributed by atoms with Crippen LogP contribution in [0.4, 0.5) is 0 Å². The van der Waals surface area contributed by atoms with Crippen molar-refractivity contribution in [3.8, 4) is 5.75 Å². The fourth-order valence-corrected chi connectivity index (χ4v) is 2.44. The van der Waals surface area contributed by atoms with Gasteiger partial charge in [0.25, 0.3) is 0 Å². The molecule has 100 valence electrons. The summed E-state index contributed by atoms with van der Waals surface area (Å²) >= 11 is 12.2. The SMILES string of the molecule is COc1ccc(Cl)cc1C(N)c1cccc(Cl)c1C. The van der Waals surface area contributed by atoms with E-state index in [2.05, 4.69) is 0 Å². The van der Waals surface area contributed by atoms with Gasteiger partial charge in [0.05, 0.1) is 13.2 Å².